The van der Waals surface area contributed by atoms with Crippen LogP contribution in [0.5, 0.6) is 0 Å². The van der Waals surface area contributed by atoms with Crippen molar-refractivity contribution in [1.82, 2.24) is 9.97 Å². The summed E-state index contributed by atoms with van der Waals surface area (Å²) in [7, 11) is 1.78. The SMILES string of the molecule is CNc1nc(Cl)nc2c(I)cc(Cl)cc12. The zero-order valence-corrected chi connectivity index (χ0v) is 11.4. The number of halogens is 3. The predicted molar refractivity (Wildman–Crippen MR) is 71.8 cm³/mol. The number of aromatic nitrogens is 2. The third-order valence-corrected chi connectivity index (χ3v) is 3.14. The van der Waals surface area contributed by atoms with Crippen molar-refractivity contribution in [3.05, 3.63) is 26.0 Å². The van der Waals surface area contributed by atoms with Crippen LogP contribution in [0.1, 0.15) is 0 Å². The Morgan fingerprint density at radius 1 is 1.27 bits per heavy atom. The number of nitrogens with one attached hydrogen (secondary N) is 1. The van der Waals surface area contributed by atoms with Crippen LogP contribution in [0.15, 0.2) is 12.1 Å². The van der Waals surface area contributed by atoms with E-state index in [-0.39, 0.29) is 5.28 Å². The van der Waals surface area contributed by atoms with Crippen LogP contribution >= 0.6 is 45.8 Å². The van der Waals surface area contributed by atoms with E-state index < -0.39 is 0 Å². The van der Waals surface area contributed by atoms with Gasteiger partial charge in [0.25, 0.3) is 0 Å². The number of hydrogen-bond donors (Lipinski definition) is 1. The van der Waals surface area contributed by atoms with E-state index >= 15 is 0 Å². The molecule has 0 aliphatic rings. The van der Waals surface area contributed by atoms with Crippen LogP contribution in [0.2, 0.25) is 10.3 Å². The van der Waals surface area contributed by atoms with Gasteiger partial charge in [-0.15, -0.1) is 0 Å². The van der Waals surface area contributed by atoms with Crippen molar-refractivity contribution in [2.24, 2.45) is 0 Å². The summed E-state index contributed by atoms with van der Waals surface area (Å²) in [6.45, 7) is 0. The Kier molecular flexibility index (Phi) is 3.18. The van der Waals surface area contributed by atoms with Gasteiger partial charge in [0.1, 0.15) is 5.82 Å². The average Bonchev–Trinajstić information content (AvgIpc) is 2.18. The van der Waals surface area contributed by atoms with Gasteiger partial charge in [-0.05, 0) is 46.3 Å². The van der Waals surface area contributed by atoms with Gasteiger partial charge >= 0.3 is 0 Å². The number of anilines is 1. The maximum atomic E-state index is 5.97. The Bertz CT molecular complexity index is 530. The molecule has 0 bridgehead atoms. The molecule has 1 aromatic carbocycles. The number of rotatable bonds is 1. The first-order chi connectivity index (χ1) is 7.11. The van der Waals surface area contributed by atoms with E-state index in [0.717, 1.165) is 14.5 Å². The van der Waals surface area contributed by atoms with Gasteiger partial charge in [0.05, 0.1) is 5.52 Å². The van der Waals surface area contributed by atoms with Crippen molar-refractivity contribution in [3.63, 3.8) is 0 Å². The Labute approximate surface area is 110 Å². The monoisotopic (exact) mass is 353 g/mol. The van der Waals surface area contributed by atoms with E-state index in [2.05, 4.69) is 37.9 Å². The van der Waals surface area contributed by atoms with Crippen molar-refractivity contribution < 1.29 is 0 Å². The van der Waals surface area contributed by atoms with Crippen molar-refractivity contribution in [2.75, 3.05) is 12.4 Å². The second-order valence-electron chi connectivity index (χ2n) is 2.88. The maximum absolute atomic E-state index is 5.97. The lowest BCUT2D eigenvalue weighted by Crippen LogP contribution is -1.97. The molecule has 1 aromatic heterocycles. The molecular formula is C9H6Cl2IN3. The molecule has 0 saturated heterocycles. The molecule has 0 unspecified atom stereocenters. The molecule has 0 atom stereocenters. The van der Waals surface area contributed by atoms with Gasteiger partial charge < -0.3 is 5.32 Å². The highest BCUT2D eigenvalue weighted by molar-refractivity contribution is 14.1. The summed E-state index contributed by atoms with van der Waals surface area (Å²) in [5.74, 6) is 0.686. The van der Waals surface area contributed by atoms with Crippen LogP contribution in [0.3, 0.4) is 0 Å². The minimum atomic E-state index is 0.229. The summed E-state index contributed by atoms with van der Waals surface area (Å²) < 4.78 is 0.955. The molecule has 0 radical (unpaired) electrons. The second-order valence-corrected chi connectivity index (χ2v) is 4.81. The summed E-state index contributed by atoms with van der Waals surface area (Å²) in [6.07, 6.45) is 0. The Balaban J connectivity index is 2.89. The number of nitrogens with zero attached hydrogens (tertiary/aromatic N) is 2. The quantitative estimate of drug-likeness (QED) is 0.629. The minimum Gasteiger partial charge on any atom is -0.372 e. The molecule has 0 fully saturated rings. The van der Waals surface area contributed by atoms with Crippen molar-refractivity contribution in [1.29, 1.82) is 0 Å². The van der Waals surface area contributed by atoms with Crippen LogP contribution in [0, 0.1) is 3.57 Å². The molecule has 15 heavy (non-hydrogen) atoms. The Morgan fingerprint density at radius 2 is 2.00 bits per heavy atom. The minimum absolute atomic E-state index is 0.229. The molecule has 1 heterocycles. The van der Waals surface area contributed by atoms with Gasteiger partial charge in [-0.1, -0.05) is 11.6 Å². The first-order valence-corrected chi connectivity index (χ1v) is 5.95. The van der Waals surface area contributed by atoms with E-state index in [1.165, 1.54) is 0 Å². The first-order valence-electron chi connectivity index (χ1n) is 4.12. The summed E-state index contributed by atoms with van der Waals surface area (Å²) in [6, 6.07) is 3.66. The Morgan fingerprint density at radius 3 is 2.67 bits per heavy atom. The highest BCUT2D eigenvalue weighted by Crippen LogP contribution is 2.29. The summed E-state index contributed by atoms with van der Waals surface area (Å²) in [4.78, 5) is 8.26. The number of hydrogen-bond acceptors (Lipinski definition) is 3. The van der Waals surface area contributed by atoms with Gasteiger partial charge in [0, 0.05) is 21.0 Å². The molecule has 78 valence electrons. The van der Waals surface area contributed by atoms with Gasteiger partial charge in [0.15, 0.2) is 0 Å². The van der Waals surface area contributed by atoms with Crippen LogP contribution in [0.25, 0.3) is 10.9 Å². The van der Waals surface area contributed by atoms with Crippen LogP contribution in [0.4, 0.5) is 5.82 Å². The molecule has 0 spiro atoms. The zero-order chi connectivity index (χ0) is 11.0. The zero-order valence-electron chi connectivity index (χ0n) is 7.68. The molecule has 2 rings (SSSR count). The lowest BCUT2D eigenvalue weighted by molar-refractivity contribution is 1.20. The van der Waals surface area contributed by atoms with Gasteiger partial charge in [-0.25, -0.2) is 9.97 Å². The smallest absolute Gasteiger partial charge is 0.224 e. The standard InChI is InChI=1S/C9H6Cl2IN3/c1-13-8-5-2-4(10)3-6(12)7(5)14-9(11)15-8/h2-3H,1H3,(H,13,14,15). The van der Waals surface area contributed by atoms with E-state index in [1.807, 2.05) is 12.1 Å². The fraction of sp³-hybridized carbons (Fsp3) is 0.111. The largest absolute Gasteiger partial charge is 0.372 e. The van der Waals surface area contributed by atoms with E-state index in [4.69, 9.17) is 23.2 Å². The lowest BCUT2D eigenvalue weighted by atomic mass is 10.2. The fourth-order valence-corrected chi connectivity index (χ4v) is 2.64. The maximum Gasteiger partial charge on any atom is 0.224 e. The molecule has 0 aliphatic heterocycles. The van der Waals surface area contributed by atoms with Crippen molar-refractivity contribution in [2.45, 2.75) is 0 Å². The molecule has 0 aliphatic carbocycles. The summed E-state index contributed by atoms with van der Waals surface area (Å²) >= 11 is 14.0. The highest BCUT2D eigenvalue weighted by Gasteiger charge is 2.09. The summed E-state index contributed by atoms with van der Waals surface area (Å²) in [5.41, 5.74) is 0.810. The lowest BCUT2D eigenvalue weighted by Gasteiger charge is -2.06. The first kappa shape index (κ1) is 11.2. The van der Waals surface area contributed by atoms with Gasteiger partial charge in [-0.3, -0.25) is 0 Å². The normalized spacial score (nSPS) is 10.7. The molecule has 2 aromatic rings. The number of fused-ring (bicyclic) bond motifs is 1. The average molecular weight is 354 g/mol. The third-order valence-electron chi connectivity index (χ3n) is 1.93. The van der Waals surface area contributed by atoms with Crippen molar-refractivity contribution >= 4 is 62.5 Å². The molecule has 3 nitrogen and oxygen atoms in total. The molecule has 0 saturated carbocycles. The number of benzene rings is 1. The van der Waals surface area contributed by atoms with Crippen LogP contribution in [-0.4, -0.2) is 17.0 Å². The predicted octanol–water partition coefficient (Wildman–Crippen LogP) is 3.58. The topological polar surface area (TPSA) is 37.8 Å². The molecular weight excluding hydrogens is 348 g/mol. The van der Waals surface area contributed by atoms with Crippen LogP contribution in [-0.2, 0) is 0 Å². The van der Waals surface area contributed by atoms with Gasteiger partial charge in [0.2, 0.25) is 5.28 Å². The summed E-state index contributed by atoms with van der Waals surface area (Å²) in [5, 5.41) is 4.73. The van der Waals surface area contributed by atoms with E-state index in [0.29, 0.717) is 10.8 Å². The van der Waals surface area contributed by atoms with E-state index in [9.17, 15) is 0 Å². The third kappa shape index (κ3) is 2.11. The Hall–Kier alpha value is -0.330. The fourth-order valence-electron chi connectivity index (χ4n) is 1.32. The van der Waals surface area contributed by atoms with Gasteiger partial charge in [-0.2, -0.15) is 0 Å². The van der Waals surface area contributed by atoms with Crippen LogP contribution < -0.4 is 5.32 Å². The molecule has 1 N–H and O–H groups in total. The highest BCUT2D eigenvalue weighted by atomic mass is 127. The van der Waals surface area contributed by atoms with E-state index in [1.54, 1.807) is 7.05 Å². The second kappa shape index (κ2) is 4.27. The molecule has 0 amide bonds. The van der Waals surface area contributed by atoms with Crippen molar-refractivity contribution in [3.8, 4) is 0 Å². The molecule has 6 heteroatoms.